The highest BCUT2D eigenvalue weighted by atomic mass is 16.4. The minimum Gasteiger partial charge on any atom is -0.480 e. The zero-order chi connectivity index (χ0) is 12.3. The normalized spacial score (nSPS) is 20.9. The predicted octanol–water partition coefficient (Wildman–Crippen LogP) is -0.533. The Labute approximate surface area is 98.3 Å². The lowest BCUT2D eigenvalue weighted by Gasteiger charge is -2.32. The number of nitrogens with one attached hydrogen (secondary N) is 1. The van der Waals surface area contributed by atoms with Crippen molar-refractivity contribution < 1.29 is 14.7 Å². The standard InChI is InChI=1S/C11H13N3O3/c15-10-7-14(9(5-13-10)11(16)17)6-8-2-1-3-12-4-8/h1-4,9H,5-7H2,(H,13,15)(H,16,17). The number of piperazine rings is 1. The first-order valence-electron chi connectivity index (χ1n) is 5.29. The quantitative estimate of drug-likeness (QED) is 0.735. The van der Waals surface area contributed by atoms with Crippen LogP contribution in [0.5, 0.6) is 0 Å². The van der Waals surface area contributed by atoms with Crippen molar-refractivity contribution in [3.05, 3.63) is 30.1 Å². The second-order valence-corrected chi connectivity index (χ2v) is 3.92. The van der Waals surface area contributed by atoms with Crippen LogP contribution in [-0.2, 0) is 16.1 Å². The topological polar surface area (TPSA) is 82.5 Å². The second kappa shape index (κ2) is 4.92. The fraction of sp³-hybridized carbons (Fsp3) is 0.364. The van der Waals surface area contributed by atoms with E-state index >= 15 is 0 Å². The van der Waals surface area contributed by atoms with Gasteiger partial charge in [-0.15, -0.1) is 0 Å². The van der Waals surface area contributed by atoms with Crippen LogP contribution in [0, 0.1) is 0 Å². The summed E-state index contributed by atoms with van der Waals surface area (Å²) in [5.74, 6) is -1.07. The van der Waals surface area contributed by atoms with Gasteiger partial charge in [-0.2, -0.15) is 0 Å². The first-order valence-corrected chi connectivity index (χ1v) is 5.29. The van der Waals surface area contributed by atoms with Crippen molar-refractivity contribution in [1.29, 1.82) is 0 Å². The average Bonchev–Trinajstić information content (AvgIpc) is 2.30. The summed E-state index contributed by atoms with van der Waals surface area (Å²) >= 11 is 0. The van der Waals surface area contributed by atoms with Crippen molar-refractivity contribution in [1.82, 2.24) is 15.2 Å². The molecule has 1 aromatic rings. The van der Waals surface area contributed by atoms with E-state index in [4.69, 9.17) is 5.11 Å². The van der Waals surface area contributed by atoms with Gasteiger partial charge in [-0.25, -0.2) is 0 Å². The van der Waals surface area contributed by atoms with Gasteiger partial charge in [0.2, 0.25) is 5.91 Å². The van der Waals surface area contributed by atoms with E-state index in [0.717, 1.165) is 5.56 Å². The van der Waals surface area contributed by atoms with Crippen molar-refractivity contribution in [2.45, 2.75) is 12.6 Å². The summed E-state index contributed by atoms with van der Waals surface area (Å²) in [7, 11) is 0. The van der Waals surface area contributed by atoms with E-state index in [1.54, 1.807) is 23.4 Å². The highest BCUT2D eigenvalue weighted by Gasteiger charge is 2.31. The largest absolute Gasteiger partial charge is 0.480 e. The summed E-state index contributed by atoms with van der Waals surface area (Å²) in [6, 6.07) is 2.97. The van der Waals surface area contributed by atoms with Gasteiger partial charge in [-0.1, -0.05) is 6.07 Å². The van der Waals surface area contributed by atoms with Gasteiger partial charge in [0.05, 0.1) is 6.54 Å². The summed E-state index contributed by atoms with van der Waals surface area (Å²) < 4.78 is 0. The number of hydrogen-bond acceptors (Lipinski definition) is 4. The van der Waals surface area contributed by atoms with Crippen molar-refractivity contribution in [2.75, 3.05) is 13.1 Å². The first-order chi connectivity index (χ1) is 8.16. The number of hydrogen-bond donors (Lipinski definition) is 2. The van der Waals surface area contributed by atoms with Crippen LogP contribution in [0.1, 0.15) is 5.56 Å². The molecule has 2 N–H and O–H groups in total. The third-order valence-corrected chi connectivity index (χ3v) is 2.67. The molecule has 1 unspecified atom stereocenters. The molecule has 2 rings (SSSR count). The first kappa shape index (κ1) is 11.5. The number of carbonyl (C=O) groups is 2. The smallest absolute Gasteiger partial charge is 0.322 e. The third kappa shape index (κ3) is 2.79. The summed E-state index contributed by atoms with van der Waals surface area (Å²) in [4.78, 5) is 27.9. The fourth-order valence-corrected chi connectivity index (χ4v) is 1.83. The summed E-state index contributed by atoms with van der Waals surface area (Å²) in [6.45, 7) is 0.665. The molecule has 0 aromatic carbocycles. The molecule has 1 atom stereocenters. The van der Waals surface area contributed by atoms with Crippen LogP contribution in [0.15, 0.2) is 24.5 Å². The molecule has 1 fully saturated rings. The molecule has 1 aliphatic rings. The molecule has 6 heteroatoms. The predicted molar refractivity (Wildman–Crippen MR) is 59.1 cm³/mol. The van der Waals surface area contributed by atoms with Crippen LogP contribution < -0.4 is 5.32 Å². The number of carboxylic acids is 1. The molecular formula is C11H13N3O3. The Morgan fingerprint density at radius 1 is 1.65 bits per heavy atom. The van der Waals surface area contributed by atoms with E-state index in [9.17, 15) is 9.59 Å². The summed E-state index contributed by atoms with van der Waals surface area (Å²) in [5.41, 5.74) is 0.897. The Morgan fingerprint density at radius 3 is 3.12 bits per heavy atom. The zero-order valence-corrected chi connectivity index (χ0v) is 9.17. The number of amides is 1. The van der Waals surface area contributed by atoms with E-state index < -0.39 is 12.0 Å². The molecule has 90 valence electrons. The van der Waals surface area contributed by atoms with E-state index in [1.165, 1.54) is 0 Å². The van der Waals surface area contributed by atoms with Gasteiger partial charge in [-0.05, 0) is 11.6 Å². The van der Waals surface area contributed by atoms with Crippen LogP contribution >= 0.6 is 0 Å². The fourth-order valence-electron chi connectivity index (χ4n) is 1.83. The van der Waals surface area contributed by atoms with Crippen molar-refractivity contribution >= 4 is 11.9 Å². The molecular weight excluding hydrogens is 222 g/mol. The summed E-state index contributed by atoms with van der Waals surface area (Å²) in [5, 5.41) is 11.6. The Bertz CT molecular complexity index is 421. The molecule has 1 aromatic heterocycles. The number of aromatic nitrogens is 1. The minimum atomic E-state index is -0.922. The maximum absolute atomic E-state index is 11.3. The number of aliphatic carboxylic acids is 1. The summed E-state index contributed by atoms with van der Waals surface area (Å²) in [6.07, 6.45) is 3.33. The van der Waals surface area contributed by atoms with Crippen molar-refractivity contribution in [3.8, 4) is 0 Å². The van der Waals surface area contributed by atoms with E-state index in [2.05, 4.69) is 10.3 Å². The third-order valence-electron chi connectivity index (χ3n) is 2.67. The van der Waals surface area contributed by atoms with E-state index in [1.807, 2.05) is 6.07 Å². The Balaban J connectivity index is 2.10. The molecule has 6 nitrogen and oxygen atoms in total. The van der Waals surface area contributed by atoms with Crippen LogP contribution in [-0.4, -0.2) is 46.0 Å². The number of nitrogens with zero attached hydrogens (tertiary/aromatic N) is 2. The van der Waals surface area contributed by atoms with Crippen LogP contribution in [0.3, 0.4) is 0 Å². The molecule has 17 heavy (non-hydrogen) atoms. The molecule has 0 spiro atoms. The number of rotatable bonds is 3. The molecule has 2 heterocycles. The Hall–Kier alpha value is -1.95. The highest BCUT2D eigenvalue weighted by Crippen LogP contribution is 2.10. The molecule has 0 radical (unpaired) electrons. The molecule has 0 saturated carbocycles. The highest BCUT2D eigenvalue weighted by molar-refractivity contribution is 5.83. The lowest BCUT2D eigenvalue weighted by molar-refractivity contribution is -0.146. The Kier molecular flexibility index (Phi) is 3.34. The molecule has 0 bridgehead atoms. The van der Waals surface area contributed by atoms with Gasteiger partial charge in [-0.3, -0.25) is 19.5 Å². The molecule has 1 saturated heterocycles. The average molecular weight is 235 g/mol. The monoisotopic (exact) mass is 235 g/mol. The Morgan fingerprint density at radius 2 is 2.47 bits per heavy atom. The van der Waals surface area contributed by atoms with Crippen molar-refractivity contribution in [2.24, 2.45) is 0 Å². The molecule has 1 aliphatic heterocycles. The number of carboxylic acid groups (broad SMARTS) is 1. The lowest BCUT2D eigenvalue weighted by Crippen LogP contribution is -2.56. The maximum atomic E-state index is 11.3. The van der Waals surface area contributed by atoms with Gasteiger partial charge in [0, 0.05) is 25.5 Å². The van der Waals surface area contributed by atoms with Gasteiger partial charge in [0.1, 0.15) is 6.04 Å². The minimum absolute atomic E-state index is 0.103. The number of pyridine rings is 1. The second-order valence-electron chi connectivity index (χ2n) is 3.92. The van der Waals surface area contributed by atoms with Gasteiger partial charge in [0.15, 0.2) is 0 Å². The van der Waals surface area contributed by atoms with Crippen molar-refractivity contribution in [3.63, 3.8) is 0 Å². The zero-order valence-electron chi connectivity index (χ0n) is 9.17. The van der Waals surface area contributed by atoms with Gasteiger partial charge in [0.25, 0.3) is 0 Å². The number of carbonyl (C=O) groups excluding carboxylic acids is 1. The van der Waals surface area contributed by atoms with Crippen LogP contribution in [0.2, 0.25) is 0 Å². The van der Waals surface area contributed by atoms with Crippen LogP contribution in [0.4, 0.5) is 0 Å². The van der Waals surface area contributed by atoms with E-state index in [0.29, 0.717) is 6.54 Å². The lowest BCUT2D eigenvalue weighted by atomic mass is 10.1. The van der Waals surface area contributed by atoms with Gasteiger partial charge >= 0.3 is 5.97 Å². The molecule has 1 amide bonds. The van der Waals surface area contributed by atoms with Crippen LogP contribution in [0.25, 0.3) is 0 Å². The van der Waals surface area contributed by atoms with E-state index in [-0.39, 0.29) is 19.0 Å². The molecule has 0 aliphatic carbocycles. The maximum Gasteiger partial charge on any atom is 0.322 e. The van der Waals surface area contributed by atoms with Gasteiger partial charge < -0.3 is 10.4 Å². The SMILES string of the molecule is O=C1CN(Cc2cccnc2)C(C(=O)O)CN1.